The van der Waals surface area contributed by atoms with Gasteiger partial charge in [0.15, 0.2) is 0 Å². The molecule has 1 aliphatic rings. The van der Waals surface area contributed by atoms with Crippen LogP contribution in [0.3, 0.4) is 0 Å². The maximum Gasteiger partial charge on any atom is 0.408 e. The number of amides is 3. The molecule has 0 radical (unpaired) electrons. The van der Waals surface area contributed by atoms with Crippen LogP contribution in [0.5, 0.6) is 0 Å². The molecule has 2 rings (SSSR count). The van der Waals surface area contributed by atoms with Crippen molar-refractivity contribution < 1.29 is 24.2 Å². The van der Waals surface area contributed by atoms with Crippen molar-refractivity contribution in [3.8, 4) is 0 Å². The van der Waals surface area contributed by atoms with E-state index in [4.69, 9.17) is 4.74 Å². The van der Waals surface area contributed by atoms with E-state index in [1.807, 2.05) is 19.9 Å². The zero-order valence-corrected chi connectivity index (χ0v) is 19.8. The molecule has 1 heterocycles. The average molecular weight is 448 g/mol. The number of nitrogens with one attached hydrogen (secondary N) is 2. The number of aliphatic hydroxyl groups excluding tert-OH is 1. The highest BCUT2D eigenvalue weighted by atomic mass is 16.6. The van der Waals surface area contributed by atoms with Crippen molar-refractivity contribution in [1.82, 2.24) is 15.5 Å². The van der Waals surface area contributed by atoms with Crippen LogP contribution in [0.15, 0.2) is 30.3 Å². The molecule has 0 aliphatic carbocycles. The third-order valence-electron chi connectivity index (χ3n) is 5.17. The second-order valence-electron chi connectivity index (χ2n) is 9.77. The first kappa shape index (κ1) is 25.6. The number of hydrogen-bond donors (Lipinski definition) is 3. The van der Waals surface area contributed by atoms with Gasteiger partial charge >= 0.3 is 6.09 Å². The van der Waals surface area contributed by atoms with Crippen molar-refractivity contribution in [1.29, 1.82) is 0 Å². The van der Waals surface area contributed by atoms with Gasteiger partial charge in [0.1, 0.15) is 11.6 Å². The van der Waals surface area contributed by atoms with Gasteiger partial charge in [-0.2, -0.15) is 0 Å². The molecule has 8 nitrogen and oxygen atoms in total. The van der Waals surface area contributed by atoms with Gasteiger partial charge in [0.25, 0.3) is 5.91 Å². The van der Waals surface area contributed by atoms with E-state index in [9.17, 15) is 19.5 Å². The Kier molecular flexibility index (Phi) is 9.07. The third kappa shape index (κ3) is 8.15. The van der Waals surface area contributed by atoms with Crippen LogP contribution in [0.4, 0.5) is 4.79 Å². The molecular formula is C24H37N3O5. The summed E-state index contributed by atoms with van der Waals surface area (Å²) in [6.45, 7) is 9.84. The van der Waals surface area contributed by atoms with Gasteiger partial charge in [0.05, 0.1) is 12.1 Å². The molecule has 8 heteroatoms. The lowest BCUT2D eigenvalue weighted by molar-refractivity contribution is -0.125. The van der Waals surface area contributed by atoms with Crippen molar-refractivity contribution in [3.05, 3.63) is 35.9 Å². The second kappa shape index (κ2) is 11.3. The Morgan fingerprint density at radius 1 is 1.19 bits per heavy atom. The minimum atomic E-state index is -0.907. The highest BCUT2D eigenvalue weighted by Gasteiger charge is 2.32. The van der Waals surface area contributed by atoms with Crippen molar-refractivity contribution >= 4 is 17.9 Å². The molecule has 3 amide bonds. The zero-order valence-electron chi connectivity index (χ0n) is 19.8. The number of alkyl carbamates (subject to hydrolysis) is 1. The normalized spacial score (nSPS) is 20.3. The van der Waals surface area contributed by atoms with Crippen LogP contribution in [0.25, 0.3) is 0 Å². The molecule has 0 spiro atoms. The number of rotatable bonds is 6. The van der Waals surface area contributed by atoms with Crippen molar-refractivity contribution in [3.63, 3.8) is 0 Å². The van der Waals surface area contributed by atoms with E-state index in [0.29, 0.717) is 31.4 Å². The zero-order chi connectivity index (χ0) is 23.9. The Morgan fingerprint density at radius 3 is 2.44 bits per heavy atom. The van der Waals surface area contributed by atoms with Gasteiger partial charge in [-0.05, 0) is 58.1 Å². The van der Waals surface area contributed by atoms with Gasteiger partial charge in [-0.15, -0.1) is 0 Å². The topological polar surface area (TPSA) is 108 Å². The third-order valence-corrected chi connectivity index (χ3v) is 5.17. The smallest absolute Gasteiger partial charge is 0.408 e. The standard InChI is InChI=1S/C24H37N3O5/c1-16(2)14-19(26-23(31)32-24(3,4)5)21(29)25-18-12-9-13-27(15-20(18)28)22(30)17-10-7-6-8-11-17/h6-8,10-11,16,18-20,28H,9,12-15H2,1-5H3,(H,25,29)(H,26,31). The molecule has 1 saturated heterocycles. The maximum absolute atomic E-state index is 13.0. The molecule has 1 aromatic carbocycles. The number of carbonyl (C=O) groups excluding carboxylic acids is 3. The Balaban J connectivity index is 2.01. The maximum atomic E-state index is 13.0. The fourth-order valence-electron chi connectivity index (χ4n) is 3.69. The lowest BCUT2D eigenvalue weighted by Gasteiger charge is -2.28. The van der Waals surface area contributed by atoms with E-state index in [2.05, 4.69) is 10.6 Å². The molecule has 178 valence electrons. The number of carbonyl (C=O) groups is 3. The largest absolute Gasteiger partial charge is 0.444 e. The monoisotopic (exact) mass is 447 g/mol. The average Bonchev–Trinajstić information content (AvgIpc) is 2.87. The highest BCUT2D eigenvalue weighted by molar-refractivity contribution is 5.94. The van der Waals surface area contributed by atoms with Gasteiger partial charge in [-0.25, -0.2) is 4.79 Å². The van der Waals surface area contributed by atoms with Crippen LogP contribution < -0.4 is 10.6 Å². The molecule has 0 saturated carbocycles. The van der Waals surface area contributed by atoms with E-state index in [1.54, 1.807) is 49.9 Å². The quantitative estimate of drug-likeness (QED) is 0.621. The fourth-order valence-corrected chi connectivity index (χ4v) is 3.69. The van der Waals surface area contributed by atoms with Crippen LogP contribution in [0.2, 0.25) is 0 Å². The summed E-state index contributed by atoms with van der Waals surface area (Å²) in [7, 11) is 0. The number of β-amino-alcohol motifs (C(OH)–C–C–N with tert-alkyl or cyclic N) is 1. The molecule has 1 fully saturated rings. The van der Waals surface area contributed by atoms with Gasteiger partial charge in [0, 0.05) is 18.7 Å². The molecule has 0 bridgehead atoms. The Labute approximate surface area is 190 Å². The fraction of sp³-hybridized carbons (Fsp3) is 0.625. The van der Waals surface area contributed by atoms with Crippen LogP contribution >= 0.6 is 0 Å². The summed E-state index contributed by atoms with van der Waals surface area (Å²) in [5.41, 5.74) is -0.101. The Bertz CT molecular complexity index is 776. The van der Waals surface area contributed by atoms with E-state index < -0.39 is 29.9 Å². The molecule has 3 unspecified atom stereocenters. The van der Waals surface area contributed by atoms with Gasteiger partial charge in [-0.1, -0.05) is 32.0 Å². The first-order chi connectivity index (χ1) is 15.0. The molecule has 1 aromatic rings. The summed E-state index contributed by atoms with van der Waals surface area (Å²) >= 11 is 0. The van der Waals surface area contributed by atoms with Crippen LogP contribution in [0, 0.1) is 5.92 Å². The molecular weight excluding hydrogens is 410 g/mol. The first-order valence-corrected chi connectivity index (χ1v) is 11.3. The van der Waals surface area contributed by atoms with Gasteiger partial charge < -0.3 is 25.4 Å². The number of benzene rings is 1. The number of ether oxygens (including phenoxy) is 1. The minimum Gasteiger partial charge on any atom is -0.444 e. The second-order valence-corrected chi connectivity index (χ2v) is 9.77. The van der Waals surface area contributed by atoms with Crippen LogP contribution in [-0.2, 0) is 9.53 Å². The lowest BCUT2D eigenvalue weighted by atomic mass is 10.0. The summed E-state index contributed by atoms with van der Waals surface area (Å²) < 4.78 is 5.29. The summed E-state index contributed by atoms with van der Waals surface area (Å²) in [4.78, 5) is 39.6. The molecule has 3 N–H and O–H groups in total. The molecule has 1 aliphatic heterocycles. The summed E-state index contributed by atoms with van der Waals surface area (Å²) in [5.74, 6) is -0.337. The summed E-state index contributed by atoms with van der Waals surface area (Å²) in [6.07, 6.45) is 0.0583. The van der Waals surface area contributed by atoms with Gasteiger partial charge in [0.2, 0.25) is 5.91 Å². The number of aliphatic hydroxyl groups is 1. The molecule has 3 atom stereocenters. The van der Waals surface area contributed by atoms with Gasteiger partial charge in [-0.3, -0.25) is 9.59 Å². The Hall–Kier alpha value is -2.61. The predicted octanol–water partition coefficient (Wildman–Crippen LogP) is 2.71. The van der Waals surface area contributed by atoms with Crippen LogP contribution in [0.1, 0.15) is 64.2 Å². The van der Waals surface area contributed by atoms with E-state index in [1.165, 1.54) is 0 Å². The number of nitrogens with zero attached hydrogens (tertiary/aromatic N) is 1. The SMILES string of the molecule is CC(C)CC(NC(=O)OC(C)(C)C)C(=O)NC1CCCN(C(=O)c2ccccc2)CC1O. The summed E-state index contributed by atoms with van der Waals surface area (Å²) in [6, 6.07) is 7.66. The number of likely N-dealkylation sites (tertiary alicyclic amines) is 1. The van der Waals surface area contributed by atoms with Crippen molar-refractivity contribution in [2.24, 2.45) is 5.92 Å². The Morgan fingerprint density at radius 2 is 1.84 bits per heavy atom. The predicted molar refractivity (Wildman–Crippen MR) is 122 cm³/mol. The van der Waals surface area contributed by atoms with Crippen molar-refractivity contribution in [2.75, 3.05) is 13.1 Å². The lowest BCUT2D eigenvalue weighted by Crippen LogP contribution is -2.54. The first-order valence-electron chi connectivity index (χ1n) is 11.3. The summed E-state index contributed by atoms with van der Waals surface area (Å²) in [5, 5.41) is 16.3. The number of hydrogen-bond acceptors (Lipinski definition) is 5. The highest BCUT2D eigenvalue weighted by Crippen LogP contribution is 2.16. The van der Waals surface area contributed by atoms with Crippen LogP contribution in [-0.4, -0.2) is 64.8 Å². The van der Waals surface area contributed by atoms with Crippen molar-refractivity contribution in [2.45, 2.75) is 77.7 Å². The van der Waals surface area contributed by atoms with E-state index in [-0.39, 0.29) is 24.3 Å². The van der Waals surface area contributed by atoms with E-state index >= 15 is 0 Å². The minimum absolute atomic E-state index is 0.132. The molecule has 32 heavy (non-hydrogen) atoms. The molecule has 0 aromatic heterocycles. The van der Waals surface area contributed by atoms with E-state index in [0.717, 1.165) is 0 Å².